The van der Waals surface area contributed by atoms with Crippen molar-refractivity contribution < 1.29 is 4.43 Å². The summed E-state index contributed by atoms with van der Waals surface area (Å²) in [4.78, 5) is 0. The van der Waals surface area contributed by atoms with E-state index in [-0.39, 0.29) is 5.60 Å². The SMILES string of the molecule is CC(C)(CC#N)O[Si](C)(C)C. The molecule has 64 valence electrons. The quantitative estimate of drug-likeness (QED) is 0.611. The zero-order valence-corrected chi connectivity index (χ0v) is 9.06. The zero-order chi connectivity index (χ0) is 9.12. The monoisotopic (exact) mass is 171 g/mol. The Kier molecular flexibility index (Phi) is 3.27. The fourth-order valence-corrected chi connectivity index (χ4v) is 2.79. The third-order valence-corrected chi connectivity index (χ3v) is 2.25. The predicted octanol–water partition coefficient (Wildman–Crippen LogP) is 2.53. The molecule has 0 aromatic carbocycles. The summed E-state index contributed by atoms with van der Waals surface area (Å²) in [5.74, 6) is 0. The lowest BCUT2D eigenvalue weighted by Crippen LogP contribution is -2.38. The fraction of sp³-hybridized carbons (Fsp3) is 0.875. The van der Waals surface area contributed by atoms with Crippen LogP contribution in [-0.4, -0.2) is 13.9 Å². The first-order valence-corrected chi connectivity index (χ1v) is 7.25. The van der Waals surface area contributed by atoms with E-state index in [2.05, 4.69) is 25.7 Å². The largest absolute Gasteiger partial charge is 0.412 e. The van der Waals surface area contributed by atoms with Crippen LogP contribution >= 0.6 is 0 Å². The molecule has 0 spiro atoms. The van der Waals surface area contributed by atoms with Crippen molar-refractivity contribution >= 4 is 8.32 Å². The molecule has 0 atom stereocenters. The van der Waals surface area contributed by atoms with E-state index in [0.29, 0.717) is 6.42 Å². The summed E-state index contributed by atoms with van der Waals surface area (Å²) in [5.41, 5.74) is -0.265. The van der Waals surface area contributed by atoms with E-state index >= 15 is 0 Å². The van der Waals surface area contributed by atoms with Crippen molar-refractivity contribution in [2.24, 2.45) is 0 Å². The molecule has 0 bridgehead atoms. The second-order valence-corrected chi connectivity index (χ2v) is 8.74. The van der Waals surface area contributed by atoms with Crippen LogP contribution in [0.4, 0.5) is 0 Å². The lowest BCUT2D eigenvalue weighted by molar-refractivity contribution is 0.106. The summed E-state index contributed by atoms with van der Waals surface area (Å²) in [7, 11) is -1.48. The molecule has 0 aliphatic carbocycles. The van der Waals surface area contributed by atoms with Gasteiger partial charge in [0.05, 0.1) is 18.1 Å². The van der Waals surface area contributed by atoms with Crippen LogP contribution in [0.3, 0.4) is 0 Å². The molecule has 0 aliphatic heterocycles. The molecule has 0 aromatic heterocycles. The molecule has 0 rings (SSSR count). The molecule has 0 amide bonds. The van der Waals surface area contributed by atoms with E-state index in [1.54, 1.807) is 0 Å². The van der Waals surface area contributed by atoms with Gasteiger partial charge in [-0.2, -0.15) is 5.26 Å². The molecule has 0 fully saturated rings. The first kappa shape index (κ1) is 10.7. The van der Waals surface area contributed by atoms with Crippen LogP contribution in [0.15, 0.2) is 0 Å². The van der Waals surface area contributed by atoms with Crippen LogP contribution in [-0.2, 0) is 4.43 Å². The van der Waals surface area contributed by atoms with Crippen LogP contribution in [0.25, 0.3) is 0 Å². The van der Waals surface area contributed by atoms with Crippen molar-refractivity contribution in [3.05, 3.63) is 0 Å². The van der Waals surface area contributed by atoms with E-state index in [1.807, 2.05) is 13.8 Å². The third-order valence-electron chi connectivity index (χ3n) is 1.09. The predicted molar refractivity (Wildman–Crippen MR) is 48.7 cm³/mol. The highest BCUT2D eigenvalue weighted by molar-refractivity contribution is 6.69. The van der Waals surface area contributed by atoms with Gasteiger partial charge >= 0.3 is 0 Å². The Bertz CT molecular complexity index is 164. The Morgan fingerprint density at radius 1 is 1.36 bits per heavy atom. The molecule has 2 nitrogen and oxygen atoms in total. The summed E-state index contributed by atoms with van der Waals surface area (Å²) in [5, 5.41) is 8.48. The van der Waals surface area contributed by atoms with Crippen LogP contribution in [0.1, 0.15) is 20.3 Å². The Morgan fingerprint density at radius 3 is 2.09 bits per heavy atom. The third kappa shape index (κ3) is 6.08. The molecule has 0 saturated carbocycles. The van der Waals surface area contributed by atoms with E-state index < -0.39 is 8.32 Å². The van der Waals surface area contributed by atoms with Gasteiger partial charge in [-0.25, -0.2) is 0 Å². The minimum atomic E-state index is -1.48. The van der Waals surface area contributed by atoms with Crippen molar-refractivity contribution in [1.82, 2.24) is 0 Å². The van der Waals surface area contributed by atoms with Gasteiger partial charge in [-0.05, 0) is 33.5 Å². The summed E-state index contributed by atoms with van der Waals surface area (Å²) in [6.07, 6.45) is 0.470. The van der Waals surface area contributed by atoms with Gasteiger partial charge in [0.1, 0.15) is 0 Å². The normalized spacial score (nSPS) is 12.7. The van der Waals surface area contributed by atoms with Crippen LogP contribution in [0.2, 0.25) is 19.6 Å². The molecule has 0 radical (unpaired) electrons. The van der Waals surface area contributed by atoms with E-state index in [1.165, 1.54) is 0 Å². The number of nitriles is 1. The van der Waals surface area contributed by atoms with Crippen LogP contribution < -0.4 is 0 Å². The number of hydrogen-bond acceptors (Lipinski definition) is 2. The molecule has 0 aliphatic rings. The van der Waals surface area contributed by atoms with Crippen molar-refractivity contribution in [2.45, 2.75) is 45.5 Å². The van der Waals surface area contributed by atoms with Gasteiger partial charge in [0.2, 0.25) is 0 Å². The molecule has 11 heavy (non-hydrogen) atoms. The zero-order valence-electron chi connectivity index (χ0n) is 8.06. The minimum Gasteiger partial charge on any atom is -0.412 e. The van der Waals surface area contributed by atoms with Gasteiger partial charge in [-0.15, -0.1) is 0 Å². The van der Waals surface area contributed by atoms with E-state index in [9.17, 15) is 0 Å². The molecule has 0 aromatic rings. The molecular weight excluding hydrogens is 154 g/mol. The van der Waals surface area contributed by atoms with Crippen molar-refractivity contribution in [1.29, 1.82) is 5.26 Å². The van der Waals surface area contributed by atoms with Gasteiger partial charge < -0.3 is 4.43 Å². The van der Waals surface area contributed by atoms with Crippen molar-refractivity contribution in [3.63, 3.8) is 0 Å². The number of nitrogens with zero attached hydrogens (tertiary/aromatic N) is 1. The smallest absolute Gasteiger partial charge is 0.184 e. The van der Waals surface area contributed by atoms with Gasteiger partial charge in [0.25, 0.3) is 0 Å². The Labute approximate surface area is 70.3 Å². The van der Waals surface area contributed by atoms with E-state index in [0.717, 1.165) is 0 Å². The molecule has 3 heteroatoms. The highest BCUT2D eigenvalue weighted by Crippen LogP contribution is 2.19. The second-order valence-electron chi connectivity index (χ2n) is 4.31. The highest BCUT2D eigenvalue weighted by Gasteiger charge is 2.26. The van der Waals surface area contributed by atoms with Crippen molar-refractivity contribution in [3.8, 4) is 6.07 Å². The number of rotatable bonds is 3. The fourth-order valence-electron chi connectivity index (χ4n) is 1.06. The Balaban J connectivity index is 4.04. The summed E-state index contributed by atoms with van der Waals surface area (Å²) < 4.78 is 5.78. The highest BCUT2D eigenvalue weighted by atomic mass is 28.4. The van der Waals surface area contributed by atoms with Gasteiger partial charge in [0, 0.05) is 0 Å². The average molecular weight is 171 g/mol. The summed E-state index contributed by atoms with van der Waals surface area (Å²) in [6, 6.07) is 2.13. The topological polar surface area (TPSA) is 33.0 Å². The lowest BCUT2D eigenvalue weighted by atomic mass is 10.1. The maximum Gasteiger partial charge on any atom is 0.184 e. The standard InChI is InChI=1S/C8H17NOSi/c1-8(2,6-7-9)10-11(3,4)5/h6H2,1-5H3. The average Bonchev–Trinajstić information content (AvgIpc) is 1.55. The van der Waals surface area contributed by atoms with Gasteiger partial charge in [-0.1, -0.05) is 0 Å². The minimum absolute atomic E-state index is 0.265. The van der Waals surface area contributed by atoms with E-state index in [4.69, 9.17) is 9.69 Å². The van der Waals surface area contributed by atoms with Crippen LogP contribution in [0.5, 0.6) is 0 Å². The summed E-state index contributed by atoms with van der Waals surface area (Å²) in [6.45, 7) is 10.3. The molecular formula is C8H17NOSi. The Morgan fingerprint density at radius 2 is 1.82 bits per heavy atom. The molecule has 0 saturated heterocycles. The molecule has 0 unspecified atom stereocenters. The first-order valence-electron chi connectivity index (χ1n) is 3.84. The van der Waals surface area contributed by atoms with Crippen molar-refractivity contribution in [2.75, 3.05) is 0 Å². The second kappa shape index (κ2) is 3.38. The van der Waals surface area contributed by atoms with Crippen LogP contribution in [0, 0.1) is 11.3 Å². The maximum atomic E-state index is 8.48. The first-order chi connectivity index (χ1) is 4.77. The Hall–Kier alpha value is -0.333. The number of hydrogen-bond donors (Lipinski definition) is 0. The van der Waals surface area contributed by atoms with Gasteiger partial charge in [0.15, 0.2) is 8.32 Å². The summed E-state index contributed by atoms with van der Waals surface area (Å²) >= 11 is 0. The molecule has 0 N–H and O–H groups in total. The lowest BCUT2D eigenvalue weighted by Gasteiger charge is -2.30. The maximum absolute atomic E-state index is 8.48. The molecule has 0 heterocycles. The van der Waals surface area contributed by atoms with Gasteiger partial charge in [-0.3, -0.25) is 0 Å².